The predicted octanol–water partition coefficient (Wildman–Crippen LogP) is 4.27. The summed E-state index contributed by atoms with van der Waals surface area (Å²) in [5.74, 6) is -1.65. The monoisotopic (exact) mass is 545 g/mol. The average molecular weight is 546 g/mol. The van der Waals surface area contributed by atoms with Gasteiger partial charge in [0.15, 0.2) is 0 Å². The number of rotatable bonds is 11. The smallest absolute Gasteiger partial charge is 0.264 e. The third-order valence-corrected chi connectivity index (χ3v) is 8.00. The van der Waals surface area contributed by atoms with Gasteiger partial charge in [0.1, 0.15) is 18.4 Å². The number of hydrogen-bond acceptors (Lipinski definition) is 4. The number of hydrogen-bond donors (Lipinski definition) is 1. The molecule has 0 aliphatic heterocycles. The SMILES string of the molecule is CCC(C(=O)NC)N(CCc1ccccc1)C(=O)CN(c1ccc(F)c(Cl)c1)S(=O)(=O)c1ccccc1. The molecule has 0 saturated heterocycles. The van der Waals surface area contributed by atoms with Crippen LogP contribution in [0, 0.1) is 5.82 Å². The first-order valence-corrected chi connectivity index (χ1v) is 13.6. The molecule has 1 unspecified atom stereocenters. The van der Waals surface area contributed by atoms with Crippen molar-refractivity contribution in [1.29, 1.82) is 0 Å². The van der Waals surface area contributed by atoms with Crippen LogP contribution in [0.3, 0.4) is 0 Å². The highest BCUT2D eigenvalue weighted by Gasteiger charge is 2.33. The highest BCUT2D eigenvalue weighted by atomic mass is 35.5. The van der Waals surface area contributed by atoms with Crippen LogP contribution in [0.2, 0.25) is 5.02 Å². The molecule has 0 aliphatic carbocycles. The van der Waals surface area contributed by atoms with Gasteiger partial charge in [-0.2, -0.15) is 0 Å². The Bertz CT molecular complexity index is 1320. The van der Waals surface area contributed by atoms with Gasteiger partial charge in [-0.15, -0.1) is 0 Å². The Hall–Kier alpha value is -3.43. The largest absolute Gasteiger partial charge is 0.357 e. The van der Waals surface area contributed by atoms with E-state index in [0.29, 0.717) is 12.8 Å². The Balaban J connectivity index is 2.01. The van der Waals surface area contributed by atoms with Crippen molar-refractivity contribution in [2.75, 3.05) is 24.4 Å². The molecule has 0 fully saturated rings. The number of anilines is 1. The summed E-state index contributed by atoms with van der Waals surface area (Å²) < 4.78 is 42.1. The fourth-order valence-electron chi connectivity index (χ4n) is 3.95. The first kappa shape index (κ1) is 28.1. The van der Waals surface area contributed by atoms with E-state index in [9.17, 15) is 22.4 Å². The molecule has 0 bridgehead atoms. The summed E-state index contributed by atoms with van der Waals surface area (Å²) in [5, 5.41) is 2.30. The Labute approximate surface area is 221 Å². The fraction of sp³-hybridized carbons (Fsp3) is 0.259. The predicted molar refractivity (Wildman–Crippen MR) is 142 cm³/mol. The Morgan fingerprint density at radius 1 is 1.00 bits per heavy atom. The minimum atomic E-state index is -4.23. The summed E-state index contributed by atoms with van der Waals surface area (Å²) in [6, 6.07) is 19.7. The summed E-state index contributed by atoms with van der Waals surface area (Å²) in [4.78, 5) is 27.7. The minimum absolute atomic E-state index is 0.0274. The molecule has 0 spiro atoms. The second kappa shape index (κ2) is 12.7. The highest BCUT2D eigenvalue weighted by Crippen LogP contribution is 2.28. The average Bonchev–Trinajstić information content (AvgIpc) is 2.91. The van der Waals surface area contributed by atoms with Gasteiger partial charge in [-0.3, -0.25) is 13.9 Å². The number of carbonyl (C=O) groups is 2. The molecular weight excluding hydrogens is 517 g/mol. The second-order valence-corrected chi connectivity index (χ2v) is 10.6. The minimum Gasteiger partial charge on any atom is -0.357 e. The van der Waals surface area contributed by atoms with E-state index in [1.54, 1.807) is 25.1 Å². The second-order valence-electron chi connectivity index (χ2n) is 8.28. The molecule has 1 atom stereocenters. The lowest BCUT2D eigenvalue weighted by Gasteiger charge is -2.33. The molecule has 7 nitrogen and oxygen atoms in total. The molecule has 1 N–H and O–H groups in total. The van der Waals surface area contributed by atoms with Crippen molar-refractivity contribution in [3.63, 3.8) is 0 Å². The van der Waals surface area contributed by atoms with Crippen LogP contribution in [0.15, 0.2) is 83.8 Å². The van der Waals surface area contributed by atoms with Gasteiger partial charge in [-0.1, -0.05) is 67.1 Å². The van der Waals surface area contributed by atoms with Crippen LogP contribution in [0.4, 0.5) is 10.1 Å². The maximum Gasteiger partial charge on any atom is 0.264 e. The zero-order chi connectivity index (χ0) is 27.0. The number of nitrogens with one attached hydrogen (secondary N) is 1. The first-order valence-electron chi connectivity index (χ1n) is 11.8. The molecule has 196 valence electrons. The number of sulfonamides is 1. The van der Waals surface area contributed by atoms with Crippen LogP contribution in [-0.4, -0.2) is 51.3 Å². The first-order chi connectivity index (χ1) is 17.7. The number of nitrogens with zero attached hydrogens (tertiary/aromatic N) is 2. The van der Waals surface area contributed by atoms with E-state index in [1.807, 2.05) is 30.3 Å². The molecule has 2 amide bonds. The van der Waals surface area contributed by atoms with Gasteiger partial charge in [-0.05, 0) is 48.7 Å². The lowest BCUT2D eigenvalue weighted by molar-refractivity contribution is -0.139. The van der Waals surface area contributed by atoms with Crippen LogP contribution in [0.25, 0.3) is 0 Å². The van der Waals surface area contributed by atoms with Crippen molar-refractivity contribution in [2.24, 2.45) is 0 Å². The summed E-state index contributed by atoms with van der Waals surface area (Å²) in [6.45, 7) is 1.36. The normalized spacial score (nSPS) is 12.0. The Kier molecular flexibility index (Phi) is 9.66. The van der Waals surface area contributed by atoms with Crippen molar-refractivity contribution in [3.05, 3.63) is 95.3 Å². The van der Waals surface area contributed by atoms with Gasteiger partial charge in [-0.25, -0.2) is 12.8 Å². The van der Waals surface area contributed by atoms with Crippen LogP contribution in [0.5, 0.6) is 0 Å². The number of halogens is 2. The van der Waals surface area contributed by atoms with Crippen molar-refractivity contribution in [1.82, 2.24) is 10.2 Å². The third-order valence-electron chi connectivity index (χ3n) is 5.92. The van der Waals surface area contributed by atoms with Crippen LogP contribution < -0.4 is 9.62 Å². The maximum atomic E-state index is 13.9. The molecule has 3 aromatic carbocycles. The molecule has 0 saturated carbocycles. The Morgan fingerprint density at radius 2 is 1.62 bits per heavy atom. The van der Waals surface area contributed by atoms with Crippen LogP contribution in [0.1, 0.15) is 18.9 Å². The highest BCUT2D eigenvalue weighted by molar-refractivity contribution is 7.92. The van der Waals surface area contributed by atoms with Gasteiger partial charge in [0.2, 0.25) is 11.8 Å². The molecular formula is C27H29ClFN3O4S. The van der Waals surface area contributed by atoms with E-state index in [1.165, 1.54) is 30.1 Å². The van der Waals surface area contributed by atoms with Gasteiger partial charge in [0, 0.05) is 13.6 Å². The van der Waals surface area contributed by atoms with Crippen LogP contribution >= 0.6 is 11.6 Å². The van der Waals surface area contributed by atoms with Gasteiger partial charge in [0.25, 0.3) is 10.0 Å². The maximum absolute atomic E-state index is 13.9. The van der Waals surface area contributed by atoms with Gasteiger partial charge >= 0.3 is 0 Å². The van der Waals surface area contributed by atoms with E-state index >= 15 is 0 Å². The van der Waals surface area contributed by atoms with Gasteiger partial charge in [0.05, 0.1) is 15.6 Å². The summed E-state index contributed by atoms with van der Waals surface area (Å²) >= 11 is 5.96. The van der Waals surface area contributed by atoms with E-state index in [2.05, 4.69) is 5.32 Å². The quantitative estimate of drug-likeness (QED) is 0.390. The number of benzene rings is 3. The van der Waals surface area contributed by atoms with Crippen molar-refractivity contribution >= 4 is 39.1 Å². The van der Waals surface area contributed by atoms with E-state index < -0.39 is 34.3 Å². The summed E-state index contributed by atoms with van der Waals surface area (Å²) in [5.41, 5.74) is 0.991. The Morgan fingerprint density at radius 3 is 2.19 bits per heavy atom. The molecule has 0 heterocycles. The zero-order valence-electron chi connectivity index (χ0n) is 20.6. The van der Waals surface area contributed by atoms with Gasteiger partial charge < -0.3 is 10.2 Å². The standard InChI is InChI=1S/C27H29ClFN3O4S/c1-3-25(27(34)30-2)31(17-16-20-10-6-4-7-11-20)26(33)19-32(21-14-15-24(29)23(28)18-21)37(35,36)22-12-8-5-9-13-22/h4-15,18,25H,3,16-17,19H2,1-2H3,(H,30,34). The van der Waals surface area contributed by atoms with Crippen molar-refractivity contribution in [3.8, 4) is 0 Å². The summed E-state index contributed by atoms with van der Waals surface area (Å²) in [6.07, 6.45) is 0.794. The van der Waals surface area contributed by atoms with E-state index in [0.717, 1.165) is 22.0 Å². The molecule has 0 aliphatic rings. The fourth-order valence-corrected chi connectivity index (χ4v) is 5.55. The number of carbonyl (C=O) groups excluding carboxylic acids is 2. The third kappa shape index (κ3) is 6.87. The molecule has 0 aromatic heterocycles. The van der Waals surface area contributed by atoms with Crippen molar-refractivity contribution in [2.45, 2.75) is 30.7 Å². The van der Waals surface area contributed by atoms with Crippen LogP contribution in [-0.2, 0) is 26.0 Å². The zero-order valence-corrected chi connectivity index (χ0v) is 22.2. The van der Waals surface area contributed by atoms with E-state index in [4.69, 9.17) is 11.6 Å². The molecule has 3 rings (SSSR count). The molecule has 3 aromatic rings. The van der Waals surface area contributed by atoms with Crippen molar-refractivity contribution < 1.29 is 22.4 Å². The lowest BCUT2D eigenvalue weighted by Crippen LogP contribution is -2.52. The lowest BCUT2D eigenvalue weighted by atomic mass is 10.1. The molecule has 10 heteroatoms. The number of likely N-dealkylation sites (N-methyl/N-ethyl adjacent to an activating group) is 1. The van der Waals surface area contributed by atoms with E-state index in [-0.39, 0.29) is 28.1 Å². The summed E-state index contributed by atoms with van der Waals surface area (Å²) in [7, 11) is -2.75. The topological polar surface area (TPSA) is 86.8 Å². The molecule has 37 heavy (non-hydrogen) atoms. The molecule has 0 radical (unpaired) electrons. The number of amides is 2.